The lowest BCUT2D eigenvalue weighted by Crippen LogP contribution is -2.42. The highest BCUT2D eigenvalue weighted by atomic mass is 35.5. The zero-order chi connectivity index (χ0) is 29.2. The Morgan fingerprint density at radius 1 is 0.923 bits per heavy atom. The molecule has 0 saturated heterocycles. The van der Waals surface area contributed by atoms with Gasteiger partial charge >= 0.3 is 11.9 Å². The first-order valence-corrected chi connectivity index (χ1v) is 13.1. The van der Waals surface area contributed by atoms with Crippen LogP contribution in [0.4, 0.5) is 5.69 Å². The minimum Gasteiger partial charge on any atom is -0.466 e. The Bertz CT molecular complexity index is 1120. The van der Waals surface area contributed by atoms with Crippen molar-refractivity contribution < 1.29 is 38.2 Å². The minimum absolute atomic E-state index is 0.0133. The van der Waals surface area contributed by atoms with Crippen molar-refractivity contribution in [3.05, 3.63) is 48.2 Å². The van der Waals surface area contributed by atoms with Gasteiger partial charge in [-0.1, -0.05) is 18.2 Å². The summed E-state index contributed by atoms with van der Waals surface area (Å²) >= 11 is 15.1. The summed E-state index contributed by atoms with van der Waals surface area (Å²) in [7, 11) is 0. The van der Waals surface area contributed by atoms with Crippen LogP contribution in [0.25, 0.3) is 0 Å². The first-order valence-electron chi connectivity index (χ1n) is 11.6. The molecule has 11 nitrogen and oxygen atoms in total. The third-order valence-corrected chi connectivity index (χ3v) is 5.13. The number of amides is 2. The predicted octanol–water partition coefficient (Wildman–Crippen LogP) is 4.05. The van der Waals surface area contributed by atoms with E-state index in [2.05, 4.69) is 15.6 Å². The van der Waals surface area contributed by atoms with Gasteiger partial charge in [0.15, 0.2) is 0 Å². The van der Waals surface area contributed by atoms with Crippen LogP contribution in [0.15, 0.2) is 42.5 Å². The summed E-state index contributed by atoms with van der Waals surface area (Å²) in [6, 6.07) is 10.3. The molecule has 0 spiro atoms. The third-order valence-electron chi connectivity index (χ3n) is 4.37. The lowest BCUT2D eigenvalue weighted by molar-refractivity contribution is -0.147. The van der Waals surface area contributed by atoms with Crippen molar-refractivity contribution in [2.45, 2.75) is 32.7 Å². The van der Waals surface area contributed by atoms with Crippen LogP contribution in [0.2, 0.25) is 0 Å². The number of alkyl halides is 2. The van der Waals surface area contributed by atoms with Crippen LogP contribution in [0.5, 0.6) is 11.6 Å². The van der Waals surface area contributed by atoms with Crippen LogP contribution in [-0.4, -0.2) is 65.0 Å². The number of nitrogens with zero attached hydrogens (tertiary/aromatic N) is 1. The summed E-state index contributed by atoms with van der Waals surface area (Å²) in [5.41, 5.74) is 0.121. The van der Waals surface area contributed by atoms with Crippen molar-refractivity contribution >= 4 is 69.5 Å². The molecule has 212 valence electrons. The summed E-state index contributed by atoms with van der Waals surface area (Å²) in [5.74, 6) is -2.37. The molecular formula is C25H28Cl3N3O8. The smallest absolute Gasteiger partial charge is 0.328 e. The zero-order valence-electron chi connectivity index (χ0n) is 21.2. The molecule has 2 rings (SSSR count). The molecule has 0 aliphatic heterocycles. The lowest BCUT2D eigenvalue weighted by Gasteiger charge is -2.17. The summed E-state index contributed by atoms with van der Waals surface area (Å²) < 4.78 is 15.6. The van der Waals surface area contributed by atoms with Gasteiger partial charge in [-0.2, -0.15) is 0 Å². The number of para-hydroxylation sites is 1. The number of hydrogen-bond acceptors (Lipinski definition) is 9. The fourth-order valence-electron chi connectivity index (χ4n) is 2.74. The van der Waals surface area contributed by atoms with Crippen LogP contribution in [0.1, 0.15) is 37.2 Å². The highest BCUT2D eigenvalue weighted by Crippen LogP contribution is 2.28. The molecule has 1 atom stereocenters. The quantitative estimate of drug-likeness (QED) is 0.196. The predicted molar refractivity (Wildman–Crippen MR) is 145 cm³/mol. The van der Waals surface area contributed by atoms with E-state index in [4.69, 9.17) is 49.0 Å². The minimum atomic E-state index is -1.09. The van der Waals surface area contributed by atoms with Crippen molar-refractivity contribution in [1.82, 2.24) is 10.3 Å². The maximum atomic E-state index is 12.9. The molecule has 0 aliphatic rings. The van der Waals surface area contributed by atoms with Crippen LogP contribution < -0.4 is 15.4 Å². The molecule has 0 radical (unpaired) electrons. The molecule has 1 aromatic carbocycles. The number of carbonyl (C=O) groups excluding carboxylic acids is 5. The number of halogens is 3. The van der Waals surface area contributed by atoms with Crippen molar-refractivity contribution in [3.8, 4) is 11.6 Å². The second kappa shape index (κ2) is 18.8. The highest BCUT2D eigenvalue weighted by Gasteiger charge is 2.25. The molecule has 1 heterocycles. The molecule has 1 aromatic heterocycles. The van der Waals surface area contributed by atoms with Gasteiger partial charge in [-0.25, -0.2) is 9.78 Å². The number of hydrogen-bond donors (Lipinski definition) is 2. The third kappa shape index (κ3) is 13.3. The topological polar surface area (TPSA) is 150 Å². The van der Waals surface area contributed by atoms with E-state index in [0.29, 0.717) is 5.75 Å². The molecule has 2 N–H and O–H groups in total. The normalized spacial score (nSPS) is 10.7. The van der Waals surface area contributed by atoms with Gasteiger partial charge in [-0.15, -0.1) is 23.2 Å². The van der Waals surface area contributed by atoms with Crippen molar-refractivity contribution in [1.29, 1.82) is 0 Å². The largest absolute Gasteiger partial charge is 0.466 e. The van der Waals surface area contributed by atoms with E-state index >= 15 is 0 Å². The van der Waals surface area contributed by atoms with E-state index in [1.165, 1.54) is 12.1 Å². The van der Waals surface area contributed by atoms with Gasteiger partial charge in [0.2, 0.25) is 17.0 Å². The highest BCUT2D eigenvalue weighted by molar-refractivity contribution is 6.67. The second-order valence-electron chi connectivity index (χ2n) is 7.26. The van der Waals surface area contributed by atoms with E-state index in [1.807, 2.05) is 0 Å². The molecule has 0 saturated carbocycles. The first-order chi connectivity index (χ1) is 18.6. The van der Waals surface area contributed by atoms with E-state index in [1.54, 1.807) is 44.2 Å². The Morgan fingerprint density at radius 2 is 1.56 bits per heavy atom. The molecular weight excluding hydrogens is 577 g/mol. The molecule has 0 fully saturated rings. The summed E-state index contributed by atoms with van der Waals surface area (Å²) in [6.07, 6.45) is -0.0998. The number of pyridine rings is 1. The number of anilines is 1. The Labute approximate surface area is 240 Å². The van der Waals surface area contributed by atoms with Gasteiger partial charge < -0.3 is 24.8 Å². The van der Waals surface area contributed by atoms with Gasteiger partial charge in [0, 0.05) is 6.42 Å². The van der Waals surface area contributed by atoms with E-state index in [-0.39, 0.29) is 55.1 Å². The van der Waals surface area contributed by atoms with E-state index in [9.17, 15) is 24.0 Å². The monoisotopic (exact) mass is 603 g/mol. The molecule has 0 bridgehead atoms. The standard InChI is InChI=1S/C23H26ClN3O7.C2H2Cl2O/c1-3-32-20(29)13-12-18(23(31)33-4-2)26-21(30)16-10-11-17(25-19(28)14-24)22(27-16)34-15-8-6-5-7-9-15;3-1-2(4)5/h5-11,18H,3-4,12-14H2,1-2H3,(H,25,28)(H,26,30);1H2. The van der Waals surface area contributed by atoms with Crippen molar-refractivity contribution in [3.63, 3.8) is 0 Å². The SMILES string of the molecule is CCOC(=O)CCC(NC(=O)c1ccc(NC(=O)CCl)c(Oc2ccccc2)n1)C(=O)OCC.O=C(Cl)CCl. The lowest BCUT2D eigenvalue weighted by atomic mass is 10.1. The van der Waals surface area contributed by atoms with Crippen LogP contribution >= 0.6 is 34.8 Å². The Kier molecular flexibility index (Phi) is 16.2. The van der Waals surface area contributed by atoms with Crippen molar-refractivity contribution in [2.24, 2.45) is 0 Å². The Morgan fingerprint density at radius 3 is 2.13 bits per heavy atom. The zero-order valence-corrected chi connectivity index (χ0v) is 23.5. The Hall–Kier alpha value is -3.41. The summed E-state index contributed by atoms with van der Waals surface area (Å²) in [4.78, 5) is 62.3. The second-order valence-corrected chi connectivity index (χ2v) is 8.21. The number of rotatable bonds is 13. The molecule has 2 aromatic rings. The maximum Gasteiger partial charge on any atom is 0.328 e. The summed E-state index contributed by atoms with van der Waals surface area (Å²) in [6.45, 7) is 3.61. The van der Waals surface area contributed by atoms with E-state index < -0.39 is 35.0 Å². The van der Waals surface area contributed by atoms with Crippen LogP contribution in [0.3, 0.4) is 0 Å². The van der Waals surface area contributed by atoms with Gasteiger partial charge in [-0.05, 0) is 56.1 Å². The fraction of sp³-hybridized carbons (Fsp3) is 0.360. The molecule has 14 heteroatoms. The van der Waals surface area contributed by atoms with Gasteiger partial charge in [-0.3, -0.25) is 19.2 Å². The number of benzene rings is 1. The summed E-state index contributed by atoms with van der Waals surface area (Å²) in [5, 5.41) is 4.57. The average Bonchev–Trinajstić information content (AvgIpc) is 2.92. The van der Waals surface area contributed by atoms with Crippen LogP contribution in [-0.2, 0) is 28.7 Å². The van der Waals surface area contributed by atoms with Gasteiger partial charge in [0.25, 0.3) is 5.91 Å². The molecule has 1 unspecified atom stereocenters. The maximum absolute atomic E-state index is 12.9. The molecule has 39 heavy (non-hydrogen) atoms. The van der Waals surface area contributed by atoms with Gasteiger partial charge in [0.1, 0.15) is 29.1 Å². The van der Waals surface area contributed by atoms with E-state index in [0.717, 1.165) is 0 Å². The average molecular weight is 605 g/mol. The first kappa shape index (κ1) is 33.6. The number of carbonyl (C=O) groups is 5. The van der Waals surface area contributed by atoms with Crippen molar-refractivity contribution in [2.75, 3.05) is 30.3 Å². The van der Waals surface area contributed by atoms with Gasteiger partial charge in [0.05, 0.1) is 19.1 Å². The number of ether oxygens (including phenoxy) is 3. The fourth-order valence-corrected chi connectivity index (χ4v) is 2.81. The number of aromatic nitrogens is 1. The molecule has 0 aliphatic carbocycles. The van der Waals surface area contributed by atoms with Crippen LogP contribution in [0, 0.1) is 0 Å². The Balaban J connectivity index is 0.00000139. The number of esters is 2. The molecule has 2 amide bonds. The number of nitrogens with one attached hydrogen (secondary N) is 2.